The van der Waals surface area contributed by atoms with E-state index in [9.17, 15) is 9.59 Å². The molecular weight excluding hydrogens is 462 g/mol. The Morgan fingerprint density at radius 1 is 1.11 bits per heavy atom. The predicted octanol–water partition coefficient (Wildman–Crippen LogP) is 5.40. The van der Waals surface area contributed by atoms with E-state index in [1.165, 1.54) is 42.2 Å². The number of hydrogen-bond acceptors (Lipinski definition) is 5. The fourth-order valence-electron chi connectivity index (χ4n) is 8.73. The number of esters is 1. The molecule has 5 rings (SSSR count). The number of ether oxygens (including phenoxy) is 1. The van der Waals surface area contributed by atoms with Crippen molar-refractivity contribution in [3.8, 4) is 0 Å². The fraction of sp³-hybridized carbons (Fsp3) is 0.742. The van der Waals surface area contributed by atoms with Gasteiger partial charge in [-0.25, -0.2) is 0 Å². The molecule has 2 fully saturated rings. The Hall–Kier alpha value is -2.24. The molecule has 1 aromatic rings. The molecule has 1 heterocycles. The number of rotatable bonds is 6. The number of allylic oxidation sites excluding steroid dienone is 1. The zero-order valence-corrected chi connectivity index (χ0v) is 23.7. The average molecular weight is 508 g/mol. The zero-order chi connectivity index (χ0) is 26.5. The van der Waals surface area contributed by atoms with Crippen LogP contribution in [0, 0.1) is 36.0 Å². The first-order chi connectivity index (χ1) is 17.5. The molecule has 1 aromatic heterocycles. The Morgan fingerprint density at radius 2 is 1.86 bits per heavy atom. The maximum atomic E-state index is 11.6. The zero-order valence-electron chi connectivity index (χ0n) is 23.7. The summed E-state index contributed by atoms with van der Waals surface area (Å²) in [4.78, 5) is 22.8. The lowest BCUT2D eigenvalue weighted by atomic mass is 9.47. The summed E-state index contributed by atoms with van der Waals surface area (Å²) in [6.07, 6.45) is 12.2. The first-order valence-electron chi connectivity index (χ1n) is 14.5. The maximum absolute atomic E-state index is 11.6. The van der Waals surface area contributed by atoms with Crippen LogP contribution >= 0.6 is 0 Å². The molecular formula is C31H45N3O3. The minimum absolute atomic E-state index is 0.0332. The summed E-state index contributed by atoms with van der Waals surface area (Å²) in [5.41, 5.74) is 7.17. The molecule has 0 bridgehead atoms. The molecule has 6 nitrogen and oxygen atoms in total. The summed E-state index contributed by atoms with van der Waals surface area (Å²) < 4.78 is 5.62. The second-order valence-electron chi connectivity index (χ2n) is 13.1. The normalized spacial score (nSPS) is 34.8. The number of carbonyl (C=O) groups excluding carboxylic acids is 2. The van der Waals surface area contributed by atoms with Gasteiger partial charge >= 0.3 is 5.97 Å². The van der Waals surface area contributed by atoms with Gasteiger partial charge in [0.1, 0.15) is 6.10 Å². The van der Waals surface area contributed by atoms with Crippen LogP contribution in [-0.2, 0) is 32.6 Å². The molecule has 1 amide bonds. The topological polar surface area (TPSA) is 81.2 Å². The summed E-state index contributed by atoms with van der Waals surface area (Å²) in [7, 11) is 0. The van der Waals surface area contributed by atoms with E-state index in [4.69, 9.17) is 14.9 Å². The molecule has 4 aliphatic carbocycles. The lowest BCUT2D eigenvalue weighted by Gasteiger charge is -2.57. The van der Waals surface area contributed by atoms with Crippen LogP contribution in [0.15, 0.2) is 11.6 Å². The van der Waals surface area contributed by atoms with Gasteiger partial charge in [-0.1, -0.05) is 32.4 Å². The van der Waals surface area contributed by atoms with Crippen molar-refractivity contribution in [3.05, 3.63) is 34.2 Å². The highest BCUT2D eigenvalue weighted by Gasteiger charge is 2.58. The van der Waals surface area contributed by atoms with E-state index in [2.05, 4.69) is 39.1 Å². The smallest absolute Gasteiger partial charge is 0.302 e. The summed E-state index contributed by atoms with van der Waals surface area (Å²) >= 11 is 0. The highest BCUT2D eigenvalue weighted by atomic mass is 16.5. The number of amides is 1. The number of aryl methyl sites for hydroxylation is 1. The third-order valence-corrected chi connectivity index (χ3v) is 10.7. The third-order valence-electron chi connectivity index (χ3n) is 10.7. The highest BCUT2D eigenvalue weighted by Crippen LogP contribution is 2.64. The SMILES string of the molecule is CC(=O)NC[C@H](C)CCc1nnc2c(c1C)[C@@]1(C)CC[C@@H]3[C@H](CC=C4C[C@H](OC(C)=O)CC[C@@]43C)[C@@H]1C2. The summed E-state index contributed by atoms with van der Waals surface area (Å²) in [5.74, 6) is 2.28. The molecule has 1 N–H and O–H groups in total. The molecule has 6 heteroatoms. The van der Waals surface area contributed by atoms with Crippen molar-refractivity contribution in [3.63, 3.8) is 0 Å². The minimum Gasteiger partial charge on any atom is -0.462 e. The number of nitrogens with one attached hydrogen (secondary N) is 1. The highest BCUT2D eigenvalue weighted by molar-refractivity contribution is 5.72. The molecule has 202 valence electrons. The molecule has 0 spiro atoms. The quantitative estimate of drug-likeness (QED) is 0.412. The lowest BCUT2D eigenvalue weighted by molar-refractivity contribution is -0.148. The fourth-order valence-corrected chi connectivity index (χ4v) is 8.73. The van der Waals surface area contributed by atoms with E-state index in [1.54, 1.807) is 6.92 Å². The van der Waals surface area contributed by atoms with Crippen LogP contribution in [0.25, 0.3) is 0 Å². The van der Waals surface area contributed by atoms with E-state index in [1.807, 2.05) is 0 Å². The van der Waals surface area contributed by atoms with Crippen LogP contribution in [0.5, 0.6) is 0 Å². The second kappa shape index (κ2) is 9.81. The van der Waals surface area contributed by atoms with Crippen molar-refractivity contribution < 1.29 is 14.3 Å². The predicted molar refractivity (Wildman–Crippen MR) is 144 cm³/mol. The molecule has 0 unspecified atom stereocenters. The van der Waals surface area contributed by atoms with E-state index < -0.39 is 0 Å². The van der Waals surface area contributed by atoms with Crippen molar-refractivity contribution in [1.29, 1.82) is 0 Å². The first-order valence-corrected chi connectivity index (χ1v) is 14.5. The van der Waals surface area contributed by atoms with Crippen LogP contribution in [0.4, 0.5) is 0 Å². The van der Waals surface area contributed by atoms with Crippen LogP contribution < -0.4 is 5.32 Å². The number of hydrogen-bond donors (Lipinski definition) is 1. The Bertz CT molecular complexity index is 1110. The maximum Gasteiger partial charge on any atom is 0.302 e. The summed E-state index contributed by atoms with van der Waals surface area (Å²) in [5, 5.41) is 12.5. The molecule has 2 saturated carbocycles. The van der Waals surface area contributed by atoms with Crippen LogP contribution in [0.1, 0.15) is 102 Å². The molecule has 0 radical (unpaired) electrons. The number of nitrogens with zero attached hydrogens (tertiary/aromatic N) is 2. The molecule has 0 saturated heterocycles. The Kier molecular flexibility index (Phi) is 6.99. The van der Waals surface area contributed by atoms with E-state index in [0.29, 0.717) is 30.2 Å². The Labute approximate surface area is 222 Å². The van der Waals surface area contributed by atoms with Gasteiger partial charge in [-0.05, 0) is 104 Å². The van der Waals surface area contributed by atoms with Gasteiger partial charge in [0.25, 0.3) is 0 Å². The van der Waals surface area contributed by atoms with E-state index in [0.717, 1.165) is 50.6 Å². The molecule has 0 aliphatic heterocycles. The van der Waals surface area contributed by atoms with Gasteiger partial charge in [0.05, 0.1) is 11.4 Å². The first kappa shape index (κ1) is 26.4. The molecule has 37 heavy (non-hydrogen) atoms. The van der Waals surface area contributed by atoms with Crippen LogP contribution in [-0.4, -0.2) is 34.7 Å². The monoisotopic (exact) mass is 507 g/mol. The van der Waals surface area contributed by atoms with Crippen molar-refractivity contribution in [1.82, 2.24) is 15.5 Å². The number of fused-ring (bicyclic) bond motifs is 7. The van der Waals surface area contributed by atoms with Crippen molar-refractivity contribution in [2.75, 3.05) is 6.54 Å². The minimum atomic E-state index is -0.155. The lowest BCUT2D eigenvalue weighted by Crippen LogP contribution is -2.51. The van der Waals surface area contributed by atoms with E-state index in [-0.39, 0.29) is 28.8 Å². The average Bonchev–Trinajstić information content (AvgIpc) is 3.15. The number of aromatic nitrogens is 2. The largest absolute Gasteiger partial charge is 0.462 e. The van der Waals surface area contributed by atoms with Gasteiger partial charge in [-0.15, -0.1) is 0 Å². The molecule has 7 atom stereocenters. The standard InChI is InChI=1S/C31H45N3O3/c1-18(17-32-20(3)35)7-10-27-19(2)29-28(34-33-27)16-26-24-9-8-22-15-23(37-21(4)36)11-13-30(22,5)25(24)12-14-31(26,29)6/h8,18,23-26H,7,9-17H2,1-6H3,(H,32,35)/t18-,23-,24+,25-,26+,30+,31+/m1/s1. The van der Waals surface area contributed by atoms with Gasteiger partial charge in [0, 0.05) is 26.8 Å². The Balaban J connectivity index is 1.35. The van der Waals surface area contributed by atoms with E-state index >= 15 is 0 Å². The summed E-state index contributed by atoms with van der Waals surface area (Å²) in [6, 6.07) is 0. The van der Waals surface area contributed by atoms with Crippen molar-refractivity contribution in [2.24, 2.45) is 29.1 Å². The Morgan fingerprint density at radius 3 is 2.59 bits per heavy atom. The van der Waals surface area contributed by atoms with Gasteiger partial charge in [0.2, 0.25) is 5.91 Å². The number of carbonyl (C=O) groups is 2. The van der Waals surface area contributed by atoms with Gasteiger partial charge in [-0.2, -0.15) is 10.2 Å². The van der Waals surface area contributed by atoms with Gasteiger partial charge in [0.15, 0.2) is 0 Å². The second-order valence-corrected chi connectivity index (χ2v) is 13.1. The van der Waals surface area contributed by atoms with Crippen molar-refractivity contribution in [2.45, 2.75) is 111 Å². The van der Waals surface area contributed by atoms with Gasteiger partial charge < -0.3 is 10.1 Å². The van der Waals surface area contributed by atoms with Crippen LogP contribution in [0.3, 0.4) is 0 Å². The molecule has 0 aromatic carbocycles. The van der Waals surface area contributed by atoms with Crippen LogP contribution in [0.2, 0.25) is 0 Å². The third kappa shape index (κ3) is 4.63. The molecule has 4 aliphatic rings. The van der Waals surface area contributed by atoms with Gasteiger partial charge in [-0.3, -0.25) is 9.59 Å². The summed E-state index contributed by atoms with van der Waals surface area (Å²) in [6.45, 7) is 13.3. The van der Waals surface area contributed by atoms with Crippen molar-refractivity contribution >= 4 is 11.9 Å².